The van der Waals surface area contributed by atoms with E-state index in [1.54, 1.807) is 0 Å². The zero-order chi connectivity index (χ0) is 15.8. The molecule has 0 radical (unpaired) electrons. The largest absolute Gasteiger partial charge is 0.378 e. The molecular formula is C20H26N2O. The van der Waals surface area contributed by atoms with E-state index in [0.717, 1.165) is 13.2 Å². The van der Waals surface area contributed by atoms with Crippen LogP contribution in [0.1, 0.15) is 37.9 Å². The highest BCUT2D eigenvalue weighted by Crippen LogP contribution is 2.74. The molecule has 1 atom stereocenters. The van der Waals surface area contributed by atoms with Crippen molar-refractivity contribution in [1.29, 1.82) is 0 Å². The van der Waals surface area contributed by atoms with E-state index in [9.17, 15) is 0 Å². The highest BCUT2D eigenvalue weighted by Gasteiger charge is 2.72. The van der Waals surface area contributed by atoms with Gasteiger partial charge < -0.3 is 9.30 Å². The first kappa shape index (κ1) is 14.1. The molecule has 1 aromatic heterocycles. The number of rotatable bonds is 4. The van der Waals surface area contributed by atoms with E-state index in [0.29, 0.717) is 23.0 Å². The number of nitrogens with zero attached hydrogens (tertiary/aromatic N) is 2. The molecular weight excluding hydrogens is 284 g/mol. The standard InChI is InChI=1S/C20H26N2O/c1-14-8-16-6-4-5-7-18(16)22(14)15(2)19-11-20(12-19,13-19)21(3)17-9-23-10-17/h4-8,15,17H,9-13H2,1-3H3. The summed E-state index contributed by atoms with van der Waals surface area (Å²) in [5, 5.41) is 1.38. The summed E-state index contributed by atoms with van der Waals surface area (Å²) in [6.45, 7) is 6.56. The van der Waals surface area contributed by atoms with Crippen LogP contribution in [0.3, 0.4) is 0 Å². The Morgan fingerprint density at radius 1 is 1.22 bits per heavy atom. The van der Waals surface area contributed by atoms with Gasteiger partial charge in [0.15, 0.2) is 0 Å². The van der Waals surface area contributed by atoms with Crippen molar-refractivity contribution in [1.82, 2.24) is 9.47 Å². The number of aromatic nitrogens is 1. The molecule has 3 aliphatic carbocycles. The maximum absolute atomic E-state index is 5.39. The van der Waals surface area contributed by atoms with Gasteiger partial charge in [0, 0.05) is 22.8 Å². The highest BCUT2D eigenvalue weighted by molar-refractivity contribution is 5.81. The van der Waals surface area contributed by atoms with Crippen molar-refractivity contribution < 1.29 is 4.74 Å². The second-order valence-electron chi connectivity index (χ2n) is 8.31. The average Bonchev–Trinajstić information content (AvgIpc) is 2.68. The van der Waals surface area contributed by atoms with E-state index in [-0.39, 0.29) is 0 Å². The number of aryl methyl sites for hydroxylation is 1. The maximum atomic E-state index is 5.39. The van der Waals surface area contributed by atoms with Gasteiger partial charge >= 0.3 is 0 Å². The van der Waals surface area contributed by atoms with Crippen molar-refractivity contribution in [3.05, 3.63) is 36.0 Å². The molecule has 0 N–H and O–H groups in total. The van der Waals surface area contributed by atoms with Crippen molar-refractivity contribution >= 4 is 10.9 Å². The molecule has 1 unspecified atom stereocenters. The summed E-state index contributed by atoms with van der Waals surface area (Å²) in [6, 6.07) is 12.4. The molecule has 122 valence electrons. The number of likely N-dealkylation sites (N-methyl/N-ethyl adjacent to an activating group) is 1. The van der Waals surface area contributed by atoms with E-state index in [4.69, 9.17) is 4.74 Å². The van der Waals surface area contributed by atoms with E-state index in [1.807, 2.05) is 0 Å². The molecule has 1 aliphatic heterocycles. The Balaban J connectivity index is 1.41. The molecule has 6 rings (SSSR count). The lowest BCUT2D eigenvalue weighted by molar-refractivity contribution is -0.260. The Kier molecular flexibility index (Phi) is 2.69. The molecule has 0 amide bonds. The average molecular weight is 310 g/mol. The van der Waals surface area contributed by atoms with Gasteiger partial charge in [-0.25, -0.2) is 0 Å². The number of fused-ring (bicyclic) bond motifs is 1. The van der Waals surface area contributed by atoms with E-state index in [2.05, 4.69) is 60.7 Å². The van der Waals surface area contributed by atoms with Gasteiger partial charge in [0.1, 0.15) is 0 Å². The minimum atomic E-state index is 0.486. The maximum Gasteiger partial charge on any atom is 0.0645 e. The van der Waals surface area contributed by atoms with E-state index < -0.39 is 0 Å². The lowest BCUT2D eigenvalue weighted by atomic mass is 9.36. The van der Waals surface area contributed by atoms with Gasteiger partial charge in [-0.2, -0.15) is 0 Å². The lowest BCUT2D eigenvalue weighted by Crippen LogP contribution is -2.78. The van der Waals surface area contributed by atoms with E-state index >= 15 is 0 Å². The fourth-order valence-corrected chi connectivity index (χ4v) is 5.56. The van der Waals surface area contributed by atoms with Crippen LogP contribution in [0.15, 0.2) is 30.3 Å². The van der Waals surface area contributed by atoms with Crippen LogP contribution in [0.2, 0.25) is 0 Å². The summed E-state index contributed by atoms with van der Waals surface area (Å²) in [5.41, 5.74) is 3.81. The van der Waals surface area contributed by atoms with Gasteiger partial charge in [0.2, 0.25) is 0 Å². The zero-order valence-electron chi connectivity index (χ0n) is 14.4. The van der Waals surface area contributed by atoms with Crippen molar-refractivity contribution in [2.75, 3.05) is 20.3 Å². The number of hydrogen-bond acceptors (Lipinski definition) is 2. The third-order valence-electron chi connectivity index (χ3n) is 7.17. The van der Waals surface area contributed by atoms with Gasteiger partial charge in [0.05, 0.1) is 19.3 Å². The third-order valence-corrected chi connectivity index (χ3v) is 7.17. The van der Waals surface area contributed by atoms with Crippen LogP contribution in [-0.4, -0.2) is 41.3 Å². The smallest absolute Gasteiger partial charge is 0.0645 e. The number of ether oxygens (including phenoxy) is 1. The molecule has 2 bridgehead atoms. The van der Waals surface area contributed by atoms with Crippen molar-refractivity contribution in [3.63, 3.8) is 0 Å². The molecule has 2 heterocycles. The zero-order valence-corrected chi connectivity index (χ0v) is 14.4. The monoisotopic (exact) mass is 310 g/mol. The Labute approximate surface area is 138 Å². The molecule has 3 nitrogen and oxygen atoms in total. The van der Waals surface area contributed by atoms with Crippen LogP contribution in [0.5, 0.6) is 0 Å². The predicted octanol–water partition coefficient (Wildman–Crippen LogP) is 3.76. The first-order chi connectivity index (χ1) is 11.0. The van der Waals surface area contributed by atoms with Gasteiger partial charge in [-0.1, -0.05) is 18.2 Å². The molecule has 4 fully saturated rings. The van der Waals surface area contributed by atoms with Gasteiger partial charge in [-0.15, -0.1) is 0 Å². The summed E-state index contributed by atoms with van der Waals surface area (Å²) in [6.07, 6.45) is 4.08. The van der Waals surface area contributed by atoms with Crippen LogP contribution in [0.4, 0.5) is 0 Å². The van der Waals surface area contributed by atoms with E-state index in [1.165, 1.54) is 35.9 Å². The molecule has 3 saturated carbocycles. The van der Waals surface area contributed by atoms with Crippen LogP contribution < -0.4 is 0 Å². The lowest BCUT2D eigenvalue weighted by Gasteiger charge is -2.76. The fourth-order valence-electron chi connectivity index (χ4n) is 5.56. The topological polar surface area (TPSA) is 17.4 Å². The second-order valence-corrected chi connectivity index (χ2v) is 8.31. The molecule has 4 aliphatic rings. The SMILES string of the molecule is Cc1cc2ccccc2n1C(C)C12CC(N(C)C3COC3)(C1)C2. The highest BCUT2D eigenvalue weighted by atomic mass is 16.5. The minimum Gasteiger partial charge on any atom is -0.378 e. The molecule has 3 heteroatoms. The molecule has 1 aromatic carbocycles. The first-order valence-electron chi connectivity index (χ1n) is 8.92. The minimum absolute atomic E-state index is 0.486. The summed E-state index contributed by atoms with van der Waals surface area (Å²) in [5.74, 6) is 0. The Bertz CT molecular complexity index is 753. The van der Waals surface area contributed by atoms with Crippen LogP contribution in [-0.2, 0) is 4.74 Å². The van der Waals surface area contributed by atoms with Crippen molar-refractivity contribution in [2.24, 2.45) is 5.41 Å². The summed E-state index contributed by atoms with van der Waals surface area (Å²) in [7, 11) is 2.32. The van der Waals surface area contributed by atoms with Crippen molar-refractivity contribution in [3.8, 4) is 0 Å². The Morgan fingerprint density at radius 2 is 1.91 bits per heavy atom. The fraction of sp³-hybridized carbons (Fsp3) is 0.600. The molecule has 1 saturated heterocycles. The Morgan fingerprint density at radius 3 is 2.57 bits per heavy atom. The molecule has 2 aromatic rings. The number of benzene rings is 1. The number of para-hydroxylation sites is 1. The first-order valence-corrected chi connectivity index (χ1v) is 8.92. The van der Waals surface area contributed by atoms with Crippen LogP contribution >= 0.6 is 0 Å². The normalized spacial score (nSPS) is 34.1. The predicted molar refractivity (Wildman–Crippen MR) is 92.8 cm³/mol. The second kappa shape index (κ2) is 4.40. The quantitative estimate of drug-likeness (QED) is 0.855. The molecule has 23 heavy (non-hydrogen) atoms. The summed E-state index contributed by atoms with van der Waals surface area (Å²) >= 11 is 0. The van der Waals surface area contributed by atoms with Gasteiger partial charge in [-0.05, 0) is 63.1 Å². The number of hydrogen-bond donors (Lipinski definition) is 0. The summed E-state index contributed by atoms with van der Waals surface area (Å²) < 4.78 is 7.97. The van der Waals surface area contributed by atoms with Gasteiger partial charge in [-0.3, -0.25) is 4.90 Å². The third kappa shape index (κ3) is 1.67. The van der Waals surface area contributed by atoms with Crippen molar-refractivity contribution in [2.45, 2.75) is 50.7 Å². The van der Waals surface area contributed by atoms with Crippen LogP contribution in [0, 0.1) is 12.3 Å². The molecule has 0 spiro atoms. The van der Waals surface area contributed by atoms with Gasteiger partial charge in [0.25, 0.3) is 0 Å². The van der Waals surface area contributed by atoms with Crippen LogP contribution in [0.25, 0.3) is 10.9 Å². The Hall–Kier alpha value is -1.32. The summed E-state index contributed by atoms with van der Waals surface area (Å²) in [4.78, 5) is 2.63.